The van der Waals surface area contributed by atoms with E-state index < -0.39 is 0 Å². The van der Waals surface area contributed by atoms with Crippen LogP contribution in [-0.2, 0) is 0 Å². The van der Waals surface area contributed by atoms with Crippen molar-refractivity contribution in [3.05, 3.63) is 54.6 Å². The summed E-state index contributed by atoms with van der Waals surface area (Å²) in [5, 5.41) is 2.40. The molecule has 0 saturated heterocycles. The largest absolute Gasteiger partial charge is 0.248 e. The molecule has 2 aromatic carbocycles. The van der Waals surface area contributed by atoms with Crippen LogP contribution in [0.3, 0.4) is 0 Å². The van der Waals surface area contributed by atoms with Crippen LogP contribution in [0.1, 0.15) is 0 Å². The Bertz CT molecular complexity index is 499. The minimum atomic E-state index is 0. The second-order valence-electron chi connectivity index (χ2n) is 3.37. The summed E-state index contributed by atoms with van der Waals surface area (Å²) in [7, 11) is 0. The summed E-state index contributed by atoms with van der Waals surface area (Å²) in [4.78, 5) is 4.58. The Labute approximate surface area is 110 Å². The molecule has 1 radical (unpaired) electrons. The fourth-order valence-corrected chi connectivity index (χ4v) is 1.72. The number of rotatable bonds is 0. The third kappa shape index (κ3) is 1.91. The van der Waals surface area contributed by atoms with Crippen molar-refractivity contribution in [2.24, 2.45) is 0 Å². The van der Waals surface area contributed by atoms with Gasteiger partial charge in [0.25, 0.3) is 0 Å². The summed E-state index contributed by atoms with van der Waals surface area (Å²) in [6.07, 6.45) is 0. The molecule has 67 valence electrons. The standard InChI is InChI=1S/C13H9N.Na/c1-3-7-12-10(5-1)9-11-6-2-4-8-13(11)14-12;/h1-9H;. The van der Waals surface area contributed by atoms with Crippen LogP contribution >= 0.6 is 0 Å². The molecule has 0 spiro atoms. The zero-order valence-corrected chi connectivity index (χ0v) is 10.6. The SMILES string of the molecule is [Na].c1ccc2nc3ccccc3cc2c1. The summed E-state index contributed by atoms with van der Waals surface area (Å²) in [6.45, 7) is 0. The molecular weight excluding hydrogens is 193 g/mol. The molecular formula is C13H9NNa. The molecule has 0 amide bonds. The Kier molecular flexibility index (Phi) is 3.06. The number of nitrogens with zero attached hydrogens (tertiary/aromatic N) is 1. The van der Waals surface area contributed by atoms with Gasteiger partial charge in [-0.05, 0) is 18.2 Å². The minimum Gasteiger partial charge on any atom is -0.248 e. The van der Waals surface area contributed by atoms with Crippen molar-refractivity contribution < 1.29 is 0 Å². The Morgan fingerprint density at radius 1 is 0.667 bits per heavy atom. The molecule has 3 rings (SSSR count). The van der Waals surface area contributed by atoms with Crippen molar-refractivity contribution >= 4 is 51.4 Å². The molecule has 0 aliphatic rings. The fourth-order valence-electron chi connectivity index (χ4n) is 1.72. The van der Waals surface area contributed by atoms with Crippen LogP contribution in [0, 0.1) is 0 Å². The molecule has 1 aromatic heterocycles. The van der Waals surface area contributed by atoms with Crippen LogP contribution in [0.4, 0.5) is 0 Å². The van der Waals surface area contributed by atoms with E-state index in [1.165, 1.54) is 10.8 Å². The monoisotopic (exact) mass is 202 g/mol. The van der Waals surface area contributed by atoms with Crippen molar-refractivity contribution in [3.8, 4) is 0 Å². The van der Waals surface area contributed by atoms with Crippen LogP contribution in [0.2, 0.25) is 0 Å². The third-order valence-electron chi connectivity index (χ3n) is 2.43. The number of pyridine rings is 1. The second kappa shape index (κ2) is 4.31. The van der Waals surface area contributed by atoms with E-state index in [1.54, 1.807) is 0 Å². The first-order chi connectivity index (χ1) is 6.93. The molecule has 0 unspecified atom stereocenters. The van der Waals surface area contributed by atoms with Crippen molar-refractivity contribution in [2.75, 3.05) is 0 Å². The summed E-state index contributed by atoms with van der Waals surface area (Å²) in [6, 6.07) is 18.6. The summed E-state index contributed by atoms with van der Waals surface area (Å²) in [5.41, 5.74) is 2.12. The Balaban J connectivity index is 0.000000853. The van der Waals surface area contributed by atoms with Crippen molar-refractivity contribution in [1.29, 1.82) is 0 Å². The van der Waals surface area contributed by atoms with E-state index in [0.717, 1.165) is 11.0 Å². The number of fused-ring (bicyclic) bond motifs is 2. The quantitative estimate of drug-likeness (QED) is 0.403. The van der Waals surface area contributed by atoms with Crippen LogP contribution in [0.15, 0.2) is 54.6 Å². The van der Waals surface area contributed by atoms with Crippen molar-refractivity contribution in [2.45, 2.75) is 0 Å². The van der Waals surface area contributed by atoms with Gasteiger partial charge in [-0.25, -0.2) is 4.98 Å². The number of hydrogen-bond acceptors (Lipinski definition) is 1. The van der Waals surface area contributed by atoms with Crippen LogP contribution in [0.5, 0.6) is 0 Å². The van der Waals surface area contributed by atoms with Gasteiger partial charge in [-0.3, -0.25) is 0 Å². The maximum Gasteiger partial charge on any atom is 0.0709 e. The molecule has 2 heteroatoms. The third-order valence-corrected chi connectivity index (χ3v) is 2.43. The van der Waals surface area contributed by atoms with Gasteiger partial charge in [0, 0.05) is 40.3 Å². The molecule has 1 heterocycles. The van der Waals surface area contributed by atoms with Gasteiger partial charge in [-0.15, -0.1) is 0 Å². The smallest absolute Gasteiger partial charge is 0.0709 e. The van der Waals surface area contributed by atoms with Gasteiger partial charge in [0.15, 0.2) is 0 Å². The number of para-hydroxylation sites is 2. The molecule has 0 N–H and O–H groups in total. The molecule has 0 bridgehead atoms. The molecule has 0 fully saturated rings. The summed E-state index contributed by atoms with van der Waals surface area (Å²) < 4.78 is 0. The Hall–Kier alpha value is -0.890. The first-order valence-corrected chi connectivity index (χ1v) is 4.68. The summed E-state index contributed by atoms with van der Waals surface area (Å²) in [5.74, 6) is 0. The van der Waals surface area contributed by atoms with E-state index >= 15 is 0 Å². The summed E-state index contributed by atoms with van der Waals surface area (Å²) >= 11 is 0. The first-order valence-electron chi connectivity index (χ1n) is 4.68. The average Bonchev–Trinajstić information content (AvgIpc) is 2.26. The average molecular weight is 202 g/mol. The van der Waals surface area contributed by atoms with Gasteiger partial charge < -0.3 is 0 Å². The molecule has 15 heavy (non-hydrogen) atoms. The molecule has 1 nitrogen and oxygen atoms in total. The van der Waals surface area contributed by atoms with E-state index in [2.05, 4.69) is 23.2 Å². The molecule has 0 atom stereocenters. The van der Waals surface area contributed by atoms with Crippen molar-refractivity contribution in [3.63, 3.8) is 0 Å². The van der Waals surface area contributed by atoms with Gasteiger partial charge in [-0.2, -0.15) is 0 Å². The normalized spacial score (nSPS) is 10.1. The van der Waals surface area contributed by atoms with Gasteiger partial charge in [-0.1, -0.05) is 36.4 Å². The maximum atomic E-state index is 4.58. The molecule has 0 aliphatic carbocycles. The zero-order valence-electron chi connectivity index (χ0n) is 8.64. The van der Waals surface area contributed by atoms with Crippen LogP contribution in [0.25, 0.3) is 21.8 Å². The van der Waals surface area contributed by atoms with E-state index in [0.29, 0.717) is 0 Å². The maximum absolute atomic E-state index is 4.58. The molecule has 3 aromatic rings. The van der Waals surface area contributed by atoms with Gasteiger partial charge in [0.05, 0.1) is 11.0 Å². The number of aromatic nitrogens is 1. The Morgan fingerprint density at radius 2 is 1.13 bits per heavy atom. The van der Waals surface area contributed by atoms with Gasteiger partial charge in [0.2, 0.25) is 0 Å². The van der Waals surface area contributed by atoms with E-state index in [1.807, 2.05) is 36.4 Å². The van der Waals surface area contributed by atoms with Gasteiger partial charge in [0.1, 0.15) is 0 Å². The number of benzene rings is 2. The van der Waals surface area contributed by atoms with Crippen LogP contribution in [-0.4, -0.2) is 34.5 Å². The molecule has 0 saturated carbocycles. The molecule has 0 aliphatic heterocycles. The minimum absolute atomic E-state index is 0. The second-order valence-corrected chi connectivity index (χ2v) is 3.37. The van der Waals surface area contributed by atoms with E-state index in [9.17, 15) is 0 Å². The number of hydrogen-bond donors (Lipinski definition) is 0. The van der Waals surface area contributed by atoms with E-state index in [4.69, 9.17) is 0 Å². The zero-order chi connectivity index (χ0) is 9.38. The first kappa shape index (κ1) is 10.6. The van der Waals surface area contributed by atoms with Crippen LogP contribution < -0.4 is 0 Å². The van der Waals surface area contributed by atoms with E-state index in [-0.39, 0.29) is 29.6 Å². The predicted octanol–water partition coefficient (Wildman–Crippen LogP) is 3.01. The Morgan fingerprint density at radius 3 is 1.67 bits per heavy atom. The fraction of sp³-hybridized carbons (Fsp3) is 0. The predicted molar refractivity (Wildman–Crippen MR) is 65.0 cm³/mol. The van der Waals surface area contributed by atoms with Crippen molar-refractivity contribution in [1.82, 2.24) is 4.98 Å². The van der Waals surface area contributed by atoms with Gasteiger partial charge >= 0.3 is 0 Å². The topological polar surface area (TPSA) is 12.9 Å².